The van der Waals surface area contributed by atoms with Crippen LogP contribution in [0.2, 0.25) is 0 Å². The molecular weight excluding hydrogens is 224 g/mol. The van der Waals surface area contributed by atoms with Crippen LogP contribution in [0.25, 0.3) is 0 Å². The number of aliphatic hydroxyl groups is 1. The second-order valence-electron chi connectivity index (χ2n) is 4.77. The van der Waals surface area contributed by atoms with Gasteiger partial charge in [-0.3, -0.25) is 0 Å². The maximum Gasteiger partial charge on any atom is 0.168 e. The molecule has 2 heterocycles. The lowest BCUT2D eigenvalue weighted by atomic mass is 10.0. The summed E-state index contributed by atoms with van der Waals surface area (Å²) in [6.45, 7) is 4.69. The van der Waals surface area contributed by atoms with Crippen LogP contribution in [0.3, 0.4) is 0 Å². The van der Waals surface area contributed by atoms with Crippen molar-refractivity contribution in [2.75, 3.05) is 33.0 Å². The van der Waals surface area contributed by atoms with E-state index in [0.717, 1.165) is 19.3 Å². The monoisotopic (exact) mass is 246 g/mol. The van der Waals surface area contributed by atoms with Crippen molar-refractivity contribution < 1.29 is 24.1 Å². The summed E-state index contributed by atoms with van der Waals surface area (Å²) in [5.41, 5.74) is 0. The first kappa shape index (κ1) is 13.2. The summed E-state index contributed by atoms with van der Waals surface area (Å²) >= 11 is 0. The Balaban J connectivity index is 1.84. The molecule has 100 valence electrons. The van der Waals surface area contributed by atoms with Crippen LogP contribution in [-0.2, 0) is 18.9 Å². The van der Waals surface area contributed by atoms with E-state index in [1.165, 1.54) is 0 Å². The molecule has 5 heteroatoms. The van der Waals surface area contributed by atoms with Gasteiger partial charge in [-0.05, 0) is 13.3 Å². The van der Waals surface area contributed by atoms with Gasteiger partial charge in [-0.1, -0.05) is 0 Å². The predicted octanol–water partition coefficient (Wildman–Crippen LogP) is 1.05. The first-order valence-electron chi connectivity index (χ1n) is 6.35. The van der Waals surface area contributed by atoms with E-state index in [1.54, 1.807) is 0 Å². The van der Waals surface area contributed by atoms with Gasteiger partial charge in [0.2, 0.25) is 0 Å². The van der Waals surface area contributed by atoms with Gasteiger partial charge in [0, 0.05) is 25.9 Å². The van der Waals surface area contributed by atoms with Gasteiger partial charge < -0.3 is 24.1 Å². The van der Waals surface area contributed by atoms with Gasteiger partial charge in [-0.2, -0.15) is 0 Å². The zero-order chi connectivity index (χ0) is 12.2. The molecule has 1 N–H and O–H groups in total. The molecule has 0 saturated carbocycles. The first-order valence-corrected chi connectivity index (χ1v) is 6.35. The van der Waals surface area contributed by atoms with Crippen molar-refractivity contribution in [1.29, 1.82) is 0 Å². The van der Waals surface area contributed by atoms with E-state index in [4.69, 9.17) is 24.1 Å². The van der Waals surface area contributed by atoms with Gasteiger partial charge in [0.1, 0.15) is 0 Å². The molecule has 17 heavy (non-hydrogen) atoms. The average molecular weight is 246 g/mol. The molecule has 0 bridgehead atoms. The number of rotatable bonds is 6. The van der Waals surface area contributed by atoms with Crippen LogP contribution in [0.1, 0.15) is 32.6 Å². The van der Waals surface area contributed by atoms with Crippen LogP contribution < -0.4 is 0 Å². The third kappa shape index (κ3) is 3.39. The van der Waals surface area contributed by atoms with E-state index < -0.39 is 11.6 Å². The molecule has 0 unspecified atom stereocenters. The largest absolute Gasteiger partial charge is 0.396 e. The third-order valence-corrected chi connectivity index (χ3v) is 3.39. The highest BCUT2D eigenvalue weighted by molar-refractivity contribution is 4.79. The van der Waals surface area contributed by atoms with Gasteiger partial charge in [0.05, 0.1) is 26.4 Å². The SMILES string of the molecule is CC1(CCC2(CCCO)OCCO2)OCCO1. The van der Waals surface area contributed by atoms with Gasteiger partial charge in [0.15, 0.2) is 11.6 Å². The molecule has 0 aromatic rings. The topological polar surface area (TPSA) is 57.2 Å². The molecule has 2 aliphatic heterocycles. The maximum atomic E-state index is 8.91. The molecule has 0 aliphatic carbocycles. The van der Waals surface area contributed by atoms with Crippen molar-refractivity contribution >= 4 is 0 Å². The second-order valence-corrected chi connectivity index (χ2v) is 4.77. The Bertz CT molecular complexity index is 231. The molecule has 0 aromatic carbocycles. The highest BCUT2D eigenvalue weighted by atomic mass is 16.7. The van der Waals surface area contributed by atoms with E-state index in [9.17, 15) is 0 Å². The zero-order valence-corrected chi connectivity index (χ0v) is 10.4. The van der Waals surface area contributed by atoms with E-state index >= 15 is 0 Å². The molecule has 2 saturated heterocycles. The fourth-order valence-electron chi connectivity index (χ4n) is 2.38. The molecule has 0 atom stereocenters. The molecule has 0 amide bonds. The Hall–Kier alpha value is -0.200. The summed E-state index contributed by atoms with van der Waals surface area (Å²) in [6.07, 6.45) is 2.90. The Morgan fingerprint density at radius 2 is 1.47 bits per heavy atom. The third-order valence-electron chi connectivity index (χ3n) is 3.39. The normalized spacial score (nSPS) is 26.5. The fraction of sp³-hybridized carbons (Fsp3) is 1.00. The minimum atomic E-state index is -0.541. The Morgan fingerprint density at radius 1 is 0.882 bits per heavy atom. The molecule has 0 aromatic heterocycles. The number of aliphatic hydroxyl groups excluding tert-OH is 1. The summed E-state index contributed by atoms with van der Waals surface area (Å²) in [5.74, 6) is -1.04. The quantitative estimate of drug-likeness (QED) is 0.759. The second kappa shape index (κ2) is 5.63. The van der Waals surface area contributed by atoms with Crippen LogP contribution >= 0.6 is 0 Å². The van der Waals surface area contributed by atoms with Crippen molar-refractivity contribution in [1.82, 2.24) is 0 Å². The molecule has 2 aliphatic rings. The van der Waals surface area contributed by atoms with Crippen LogP contribution in [0.4, 0.5) is 0 Å². The van der Waals surface area contributed by atoms with Crippen LogP contribution in [0.5, 0.6) is 0 Å². The number of hydrogen-bond acceptors (Lipinski definition) is 5. The smallest absolute Gasteiger partial charge is 0.168 e. The lowest BCUT2D eigenvalue weighted by Gasteiger charge is -2.31. The predicted molar refractivity (Wildman–Crippen MR) is 60.5 cm³/mol. The van der Waals surface area contributed by atoms with E-state index in [-0.39, 0.29) is 6.61 Å². The summed E-state index contributed by atoms with van der Waals surface area (Å²) < 4.78 is 22.5. The molecule has 5 nitrogen and oxygen atoms in total. The van der Waals surface area contributed by atoms with Gasteiger partial charge in [-0.25, -0.2) is 0 Å². The average Bonchev–Trinajstić information content (AvgIpc) is 2.95. The Kier molecular flexibility index (Phi) is 4.38. The molecular formula is C12H22O5. The van der Waals surface area contributed by atoms with E-state index in [2.05, 4.69) is 0 Å². The van der Waals surface area contributed by atoms with Crippen molar-refractivity contribution in [2.24, 2.45) is 0 Å². The van der Waals surface area contributed by atoms with E-state index in [0.29, 0.717) is 32.8 Å². The summed E-state index contributed by atoms with van der Waals surface area (Å²) in [6, 6.07) is 0. The first-order chi connectivity index (χ1) is 8.18. The molecule has 0 radical (unpaired) electrons. The number of hydrogen-bond donors (Lipinski definition) is 1. The lowest BCUT2D eigenvalue weighted by Crippen LogP contribution is -2.35. The standard InChI is InChI=1S/C12H22O5/c1-11(14-7-8-15-11)4-5-12(3-2-6-13)16-9-10-17-12/h13H,2-10H2,1H3. The molecule has 2 rings (SSSR count). The maximum absolute atomic E-state index is 8.91. The molecule has 0 spiro atoms. The van der Waals surface area contributed by atoms with Gasteiger partial charge >= 0.3 is 0 Å². The van der Waals surface area contributed by atoms with Crippen LogP contribution in [0, 0.1) is 0 Å². The lowest BCUT2D eigenvalue weighted by molar-refractivity contribution is -0.201. The van der Waals surface area contributed by atoms with Gasteiger partial charge in [0.25, 0.3) is 0 Å². The zero-order valence-electron chi connectivity index (χ0n) is 10.4. The molecule has 2 fully saturated rings. The van der Waals surface area contributed by atoms with Crippen molar-refractivity contribution in [2.45, 2.75) is 44.2 Å². The number of ether oxygens (including phenoxy) is 4. The van der Waals surface area contributed by atoms with Crippen molar-refractivity contribution in [3.05, 3.63) is 0 Å². The van der Waals surface area contributed by atoms with Crippen molar-refractivity contribution in [3.8, 4) is 0 Å². The minimum absolute atomic E-state index is 0.165. The van der Waals surface area contributed by atoms with Crippen LogP contribution in [0.15, 0.2) is 0 Å². The summed E-state index contributed by atoms with van der Waals surface area (Å²) in [7, 11) is 0. The Labute approximate surface area is 102 Å². The van der Waals surface area contributed by atoms with E-state index in [1.807, 2.05) is 6.92 Å². The highest BCUT2D eigenvalue weighted by Crippen LogP contribution is 2.34. The van der Waals surface area contributed by atoms with Crippen LogP contribution in [-0.4, -0.2) is 49.7 Å². The van der Waals surface area contributed by atoms with Gasteiger partial charge in [-0.15, -0.1) is 0 Å². The fourth-order valence-corrected chi connectivity index (χ4v) is 2.38. The highest BCUT2D eigenvalue weighted by Gasteiger charge is 2.40. The summed E-state index contributed by atoms with van der Waals surface area (Å²) in [5, 5.41) is 8.91. The Morgan fingerprint density at radius 3 is 2.06 bits per heavy atom. The summed E-state index contributed by atoms with van der Waals surface area (Å²) in [4.78, 5) is 0. The van der Waals surface area contributed by atoms with Crippen molar-refractivity contribution in [3.63, 3.8) is 0 Å². The minimum Gasteiger partial charge on any atom is -0.396 e.